The van der Waals surface area contributed by atoms with Gasteiger partial charge in [0.25, 0.3) is 0 Å². The van der Waals surface area contributed by atoms with Crippen LogP contribution in [0.4, 0.5) is 0 Å². The second-order valence-corrected chi connectivity index (χ2v) is 3.76. The van der Waals surface area contributed by atoms with E-state index in [9.17, 15) is 0 Å². The van der Waals surface area contributed by atoms with Crippen LogP contribution in [0.25, 0.3) is 5.69 Å². The van der Waals surface area contributed by atoms with Crippen molar-refractivity contribution in [3.05, 3.63) is 47.2 Å². The zero-order chi connectivity index (χ0) is 11.4. The van der Waals surface area contributed by atoms with E-state index in [2.05, 4.69) is 9.94 Å². The van der Waals surface area contributed by atoms with Crippen LogP contribution in [0.15, 0.2) is 36.7 Å². The van der Waals surface area contributed by atoms with Crippen LogP contribution in [0.5, 0.6) is 0 Å². The first-order valence-corrected chi connectivity index (χ1v) is 5.29. The minimum atomic E-state index is 0.484. The molecule has 84 valence electrons. The van der Waals surface area contributed by atoms with Crippen molar-refractivity contribution in [2.75, 3.05) is 6.61 Å². The lowest BCUT2D eigenvalue weighted by Crippen LogP contribution is -2.04. The van der Waals surface area contributed by atoms with Gasteiger partial charge < -0.3 is 4.84 Å². The molecule has 0 spiro atoms. The van der Waals surface area contributed by atoms with Crippen molar-refractivity contribution < 1.29 is 4.84 Å². The van der Waals surface area contributed by atoms with Crippen molar-refractivity contribution in [1.82, 2.24) is 9.78 Å². The van der Waals surface area contributed by atoms with Gasteiger partial charge in [0, 0.05) is 12.4 Å². The third-order valence-corrected chi connectivity index (χ3v) is 2.57. The summed E-state index contributed by atoms with van der Waals surface area (Å²) < 4.78 is 1.73. The molecule has 16 heavy (non-hydrogen) atoms. The van der Waals surface area contributed by atoms with Crippen LogP contribution in [0, 0.1) is 0 Å². The Hall–Kier alpha value is -1.36. The fourth-order valence-electron chi connectivity index (χ4n) is 1.48. The van der Waals surface area contributed by atoms with Crippen molar-refractivity contribution >= 4 is 11.6 Å². The van der Waals surface area contributed by atoms with E-state index in [1.165, 1.54) is 0 Å². The number of aromatic nitrogens is 2. The molecule has 0 bridgehead atoms. The van der Waals surface area contributed by atoms with Gasteiger partial charge >= 0.3 is 0 Å². The van der Waals surface area contributed by atoms with Gasteiger partial charge in [-0.05, 0) is 30.2 Å². The highest BCUT2D eigenvalue weighted by Gasteiger charge is 2.04. The second kappa shape index (κ2) is 5.12. The van der Waals surface area contributed by atoms with Crippen LogP contribution in [0.3, 0.4) is 0 Å². The fraction of sp³-hybridized carbons (Fsp3) is 0.182. The van der Waals surface area contributed by atoms with E-state index in [0.29, 0.717) is 11.6 Å². The van der Waals surface area contributed by atoms with Gasteiger partial charge in [0.2, 0.25) is 0 Å². The molecule has 0 radical (unpaired) electrons. The number of halogens is 1. The maximum absolute atomic E-state index is 6.17. The summed E-state index contributed by atoms with van der Waals surface area (Å²) in [6.45, 7) is 0.484. The molecule has 2 N–H and O–H groups in total. The topological polar surface area (TPSA) is 53.1 Å². The predicted octanol–water partition coefficient (Wildman–Crippen LogP) is 1.96. The van der Waals surface area contributed by atoms with Gasteiger partial charge in [0.1, 0.15) is 0 Å². The summed E-state index contributed by atoms with van der Waals surface area (Å²) in [6.07, 6.45) is 4.31. The molecule has 0 unspecified atom stereocenters. The summed E-state index contributed by atoms with van der Waals surface area (Å²) in [6, 6.07) is 7.67. The number of hydrogen-bond donors (Lipinski definition) is 1. The Kier molecular flexibility index (Phi) is 3.56. The lowest BCUT2D eigenvalue weighted by Gasteiger charge is -2.06. The second-order valence-electron chi connectivity index (χ2n) is 3.36. The molecule has 0 atom stereocenters. The lowest BCUT2D eigenvalue weighted by atomic mass is 10.1. The third-order valence-electron chi connectivity index (χ3n) is 2.27. The smallest absolute Gasteiger partial charge is 0.0831 e. The van der Waals surface area contributed by atoms with E-state index in [1.807, 2.05) is 30.5 Å². The third kappa shape index (κ3) is 2.41. The van der Waals surface area contributed by atoms with Crippen LogP contribution >= 0.6 is 11.6 Å². The lowest BCUT2D eigenvalue weighted by molar-refractivity contribution is 0.141. The first-order chi connectivity index (χ1) is 7.81. The first-order valence-electron chi connectivity index (χ1n) is 4.91. The fourth-order valence-corrected chi connectivity index (χ4v) is 1.77. The van der Waals surface area contributed by atoms with Crippen LogP contribution in [-0.2, 0) is 11.3 Å². The number of hydrogen-bond acceptors (Lipinski definition) is 3. The molecule has 0 saturated carbocycles. The van der Waals surface area contributed by atoms with Crippen molar-refractivity contribution in [3.63, 3.8) is 0 Å². The van der Waals surface area contributed by atoms with Crippen LogP contribution < -0.4 is 5.90 Å². The summed E-state index contributed by atoms with van der Waals surface area (Å²) in [5.74, 6) is 4.97. The predicted molar refractivity (Wildman–Crippen MR) is 62.4 cm³/mol. The molecule has 1 heterocycles. The average molecular weight is 238 g/mol. The maximum Gasteiger partial charge on any atom is 0.0831 e. The van der Waals surface area contributed by atoms with Crippen molar-refractivity contribution in [3.8, 4) is 5.69 Å². The zero-order valence-corrected chi connectivity index (χ0v) is 9.39. The Morgan fingerprint density at radius 1 is 1.44 bits per heavy atom. The monoisotopic (exact) mass is 237 g/mol. The molecule has 0 aliphatic carbocycles. The largest absolute Gasteiger partial charge is 0.304 e. The van der Waals surface area contributed by atoms with E-state index in [4.69, 9.17) is 17.5 Å². The Balaban J connectivity index is 2.23. The molecule has 0 aliphatic heterocycles. The Bertz CT molecular complexity index is 456. The summed E-state index contributed by atoms with van der Waals surface area (Å²) in [5, 5.41) is 4.79. The zero-order valence-electron chi connectivity index (χ0n) is 8.64. The van der Waals surface area contributed by atoms with Crippen molar-refractivity contribution in [1.29, 1.82) is 0 Å². The molecule has 4 nitrogen and oxygen atoms in total. The molecule has 5 heteroatoms. The Morgan fingerprint density at radius 3 is 2.94 bits per heavy atom. The van der Waals surface area contributed by atoms with Gasteiger partial charge in [-0.15, -0.1) is 0 Å². The molecule has 1 aromatic heterocycles. The van der Waals surface area contributed by atoms with E-state index in [1.54, 1.807) is 10.9 Å². The Labute approximate surface area is 98.5 Å². The van der Waals surface area contributed by atoms with E-state index in [0.717, 1.165) is 17.7 Å². The number of nitrogens with two attached hydrogens (primary N) is 1. The van der Waals surface area contributed by atoms with E-state index >= 15 is 0 Å². The summed E-state index contributed by atoms with van der Waals surface area (Å²) >= 11 is 6.17. The van der Waals surface area contributed by atoms with E-state index in [-0.39, 0.29) is 0 Å². The van der Waals surface area contributed by atoms with Crippen LogP contribution in [0.2, 0.25) is 5.02 Å². The van der Waals surface area contributed by atoms with Gasteiger partial charge in [-0.3, -0.25) is 0 Å². The summed E-state index contributed by atoms with van der Waals surface area (Å²) in [4.78, 5) is 4.53. The van der Waals surface area contributed by atoms with Crippen molar-refractivity contribution in [2.24, 2.45) is 5.90 Å². The molecular formula is C11H12ClN3O. The SMILES string of the molecule is NOCCc1ccc(-n2cccn2)c(Cl)c1. The quantitative estimate of drug-likeness (QED) is 0.827. The highest BCUT2D eigenvalue weighted by molar-refractivity contribution is 6.32. The molecular weight excluding hydrogens is 226 g/mol. The van der Waals surface area contributed by atoms with Crippen molar-refractivity contribution in [2.45, 2.75) is 6.42 Å². The highest BCUT2D eigenvalue weighted by Crippen LogP contribution is 2.21. The Morgan fingerprint density at radius 2 is 2.31 bits per heavy atom. The number of rotatable bonds is 4. The normalized spacial score (nSPS) is 10.6. The molecule has 0 saturated heterocycles. The van der Waals surface area contributed by atoms with Crippen LogP contribution in [-0.4, -0.2) is 16.4 Å². The molecule has 0 fully saturated rings. The molecule has 0 amide bonds. The highest BCUT2D eigenvalue weighted by atomic mass is 35.5. The number of nitrogens with zero attached hydrogens (tertiary/aromatic N) is 2. The van der Waals surface area contributed by atoms with Gasteiger partial charge in [0.15, 0.2) is 0 Å². The number of benzene rings is 1. The standard InChI is InChI=1S/C11H12ClN3O/c12-10-8-9(4-7-16-13)2-3-11(10)15-6-1-5-14-15/h1-3,5-6,8H,4,7,13H2. The molecule has 2 aromatic rings. The minimum Gasteiger partial charge on any atom is -0.304 e. The van der Waals surface area contributed by atoms with Gasteiger partial charge in [-0.1, -0.05) is 17.7 Å². The summed E-state index contributed by atoms with van der Waals surface area (Å²) in [5.41, 5.74) is 1.95. The van der Waals surface area contributed by atoms with E-state index < -0.39 is 0 Å². The molecule has 1 aromatic carbocycles. The molecule has 0 aliphatic rings. The first kappa shape index (κ1) is 11.1. The maximum atomic E-state index is 6.17. The average Bonchev–Trinajstić information content (AvgIpc) is 2.80. The minimum absolute atomic E-state index is 0.484. The van der Waals surface area contributed by atoms with Gasteiger partial charge in [0.05, 0.1) is 17.3 Å². The summed E-state index contributed by atoms with van der Waals surface area (Å²) in [7, 11) is 0. The van der Waals surface area contributed by atoms with Gasteiger partial charge in [-0.25, -0.2) is 10.6 Å². The van der Waals surface area contributed by atoms with Crippen LogP contribution in [0.1, 0.15) is 5.56 Å². The molecule has 2 rings (SSSR count). The van der Waals surface area contributed by atoms with Gasteiger partial charge in [-0.2, -0.15) is 5.10 Å².